The molecule has 1 fully saturated rings. The van der Waals surface area contributed by atoms with Crippen LogP contribution >= 0.6 is 11.6 Å². The number of hydrogen-bond donors (Lipinski definition) is 2. The molecule has 1 saturated heterocycles. The third-order valence-corrected chi connectivity index (χ3v) is 4.88. The van der Waals surface area contributed by atoms with Crippen LogP contribution in [-0.4, -0.2) is 94.3 Å². The molecule has 0 radical (unpaired) electrons. The molecule has 0 aromatic heterocycles. The lowest BCUT2D eigenvalue weighted by atomic mass is 10.3. The van der Waals surface area contributed by atoms with E-state index in [0.717, 1.165) is 51.6 Å². The number of morpholine rings is 1. The standard InChI is InChI=1S/C21H34ClN5O3/c1-17(30-19-7-5-18(22)6-8-19)15-24-21(25-16-20(28)26(2)3)23-9-4-10-27-11-13-29-14-12-27/h5-8,17H,4,9-16H2,1-3H3,(H2,23,24,25). The molecule has 9 heteroatoms. The minimum Gasteiger partial charge on any atom is -0.489 e. The molecule has 1 aliphatic rings. The van der Waals surface area contributed by atoms with Crippen molar-refractivity contribution in [2.75, 3.05) is 66.6 Å². The molecule has 1 aromatic carbocycles. The van der Waals surface area contributed by atoms with E-state index in [2.05, 4.69) is 20.5 Å². The molecule has 2 N–H and O–H groups in total. The zero-order valence-electron chi connectivity index (χ0n) is 18.2. The highest BCUT2D eigenvalue weighted by molar-refractivity contribution is 6.30. The third kappa shape index (κ3) is 9.65. The van der Waals surface area contributed by atoms with Crippen LogP contribution in [0, 0.1) is 0 Å². The number of aliphatic imine (C=N–C) groups is 1. The summed E-state index contributed by atoms with van der Waals surface area (Å²) in [5, 5.41) is 7.26. The van der Waals surface area contributed by atoms with Crippen LogP contribution in [0.4, 0.5) is 0 Å². The molecule has 1 aliphatic heterocycles. The highest BCUT2D eigenvalue weighted by atomic mass is 35.5. The maximum absolute atomic E-state index is 11.9. The summed E-state index contributed by atoms with van der Waals surface area (Å²) in [7, 11) is 3.45. The summed E-state index contributed by atoms with van der Waals surface area (Å²) in [5.74, 6) is 1.32. The van der Waals surface area contributed by atoms with Gasteiger partial charge in [-0.2, -0.15) is 0 Å². The summed E-state index contributed by atoms with van der Waals surface area (Å²) < 4.78 is 11.3. The van der Waals surface area contributed by atoms with Crippen LogP contribution in [0.1, 0.15) is 13.3 Å². The van der Waals surface area contributed by atoms with Crippen molar-refractivity contribution in [2.45, 2.75) is 19.4 Å². The van der Waals surface area contributed by atoms with E-state index in [1.807, 2.05) is 19.1 Å². The fourth-order valence-electron chi connectivity index (χ4n) is 2.82. The van der Waals surface area contributed by atoms with E-state index in [-0.39, 0.29) is 18.6 Å². The lowest BCUT2D eigenvalue weighted by Crippen LogP contribution is -2.44. The van der Waals surface area contributed by atoms with E-state index in [4.69, 9.17) is 21.1 Å². The zero-order chi connectivity index (χ0) is 21.8. The van der Waals surface area contributed by atoms with Crippen LogP contribution in [0.25, 0.3) is 0 Å². The molecule has 8 nitrogen and oxygen atoms in total. The Kier molecular flexibility index (Phi) is 10.8. The van der Waals surface area contributed by atoms with Crippen LogP contribution in [0.5, 0.6) is 5.75 Å². The first-order valence-corrected chi connectivity index (χ1v) is 10.8. The van der Waals surface area contributed by atoms with E-state index in [1.54, 1.807) is 26.2 Å². The van der Waals surface area contributed by atoms with E-state index in [1.165, 1.54) is 4.90 Å². The van der Waals surface area contributed by atoms with Crippen LogP contribution in [0.3, 0.4) is 0 Å². The van der Waals surface area contributed by atoms with Gasteiger partial charge >= 0.3 is 0 Å². The van der Waals surface area contributed by atoms with Crippen molar-refractivity contribution in [3.05, 3.63) is 29.3 Å². The Labute approximate surface area is 184 Å². The fourth-order valence-corrected chi connectivity index (χ4v) is 2.95. The Bertz CT molecular complexity index is 663. The number of nitrogens with one attached hydrogen (secondary N) is 2. The van der Waals surface area contributed by atoms with Gasteiger partial charge in [0.25, 0.3) is 0 Å². The fraction of sp³-hybridized carbons (Fsp3) is 0.619. The Morgan fingerprint density at radius 1 is 1.27 bits per heavy atom. The number of benzene rings is 1. The Balaban J connectivity index is 1.79. The van der Waals surface area contributed by atoms with E-state index >= 15 is 0 Å². The van der Waals surface area contributed by atoms with Crippen LogP contribution in [-0.2, 0) is 9.53 Å². The molecule has 1 aromatic rings. The summed E-state index contributed by atoms with van der Waals surface area (Å²) in [6.45, 7) is 7.98. The largest absolute Gasteiger partial charge is 0.489 e. The summed E-state index contributed by atoms with van der Waals surface area (Å²) >= 11 is 5.91. The number of carbonyl (C=O) groups is 1. The first-order chi connectivity index (χ1) is 14.4. The van der Waals surface area contributed by atoms with Crippen molar-refractivity contribution < 1.29 is 14.3 Å². The van der Waals surface area contributed by atoms with Crippen molar-refractivity contribution in [3.63, 3.8) is 0 Å². The monoisotopic (exact) mass is 439 g/mol. The van der Waals surface area contributed by atoms with E-state index in [9.17, 15) is 4.79 Å². The highest BCUT2D eigenvalue weighted by Gasteiger charge is 2.11. The number of nitrogens with zero attached hydrogens (tertiary/aromatic N) is 3. The van der Waals surface area contributed by atoms with Gasteiger partial charge in [-0.25, -0.2) is 4.99 Å². The second-order valence-corrected chi connectivity index (χ2v) is 7.89. The molecule has 1 amide bonds. The lowest BCUT2D eigenvalue weighted by molar-refractivity contribution is -0.127. The average Bonchev–Trinajstić information content (AvgIpc) is 2.74. The number of rotatable bonds is 10. The number of likely N-dealkylation sites (N-methyl/N-ethyl adjacent to an activating group) is 1. The van der Waals surface area contributed by atoms with Crippen molar-refractivity contribution in [1.29, 1.82) is 0 Å². The first-order valence-electron chi connectivity index (χ1n) is 10.4. The number of amides is 1. The summed E-state index contributed by atoms with van der Waals surface area (Å²) in [5.41, 5.74) is 0. The number of guanidine groups is 1. The van der Waals surface area contributed by atoms with Gasteiger partial charge < -0.3 is 25.0 Å². The highest BCUT2D eigenvalue weighted by Crippen LogP contribution is 2.16. The van der Waals surface area contributed by atoms with Crippen molar-refractivity contribution >= 4 is 23.5 Å². The minimum atomic E-state index is -0.0870. The van der Waals surface area contributed by atoms with Crippen LogP contribution in [0.15, 0.2) is 29.3 Å². The van der Waals surface area contributed by atoms with Crippen molar-refractivity contribution in [3.8, 4) is 5.75 Å². The van der Waals surface area contributed by atoms with Gasteiger partial charge in [0, 0.05) is 38.8 Å². The van der Waals surface area contributed by atoms with Gasteiger partial charge in [-0.15, -0.1) is 0 Å². The van der Waals surface area contributed by atoms with Gasteiger partial charge in [-0.3, -0.25) is 9.69 Å². The predicted molar refractivity (Wildman–Crippen MR) is 120 cm³/mol. The SMILES string of the molecule is CC(CNC(=NCC(=O)N(C)C)NCCCN1CCOCC1)Oc1ccc(Cl)cc1. The molecule has 2 rings (SSSR count). The van der Waals surface area contributed by atoms with Gasteiger partial charge in [-0.05, 0) is 44.2 Å². The maximum atomic E-state index is 11.9. The topological polar surface area (TPSA) is 78.4 Å². The maximum Gasteiger partial charge on any atom is 0.243 e. The normalized spacial score (nSPS) is 16.1. The Morgan fingerprint density at radius 2 is 1.97 bits per heavy atom. The summed E-state index contributed by atoms with van der Waals surface area (Å²) in [6.07, 6.45) is 0.898. The number of carbonyl (C=O) groups excluding carboxylic acids is 1. The Hall–Kier alpha value is -2.03. The summed E-state index contributed by atoms with van der Waals surface area (Å²) in [4.78, 5) is 20.2. The van der Waals surface area contributed by atoms with Gasteiger partial charge in [0.05, 0.1) is 19.8 Å². The van der Waals surface area contributed by atoms with Crippen molar-refractivity contribution in [2.24, 2.45) is 4.99 Å². The van der Waals surface area contributed by atoms with Crippen LogP contribution < -0.4 is 15.4 Å². The molecule has 0 aliphatic carbocycles. The second-order valence-electron chi connectivity index (χ2n) is 7.45. The van der Waals surface area contributed by atoms with Gasteiger partial charge in [0.15, 0.2) is 5.96 Å². The Morgan fingerprint density at radius 3 is 2.63 bits per heavy atom. The molecule has 1 atom stereocenters. The zero-order valence-corrected chi connectivity index (χ0v) is 19.0. The molecular formula is C21H34ClN5O3. The average molecular weight is 440 g/mol. The molecule has 1 unspecified atom stereocenters. The smallest absolute Gasteiger partial charge is 0.243 e. The lowest BCUT2D eigenvalue weighted by Gasteiger charge is -2.26. The first kappa shape index (κ1) is 24.2. The van der Waals surface area contributed by atoms with Gasteiger partial charge in [-0.1, -0.05) is 11.6 Å². The molecule has 1 heterocycles. The van der Waals surface area contributed by atoms with Gasteiger partial charge in [0.2, 0.25) is 5.91 Å². The number of ether oxygens (including phenoxy) is 2. The van der Waals surface area contributed by atoms with Crippen LogP contribution in [0.2, 0.25) is 5.02 Å². The van der Waals surface area contributed by atoms with Gasteiger partial charge in [0.1, 0.15) is 18.4 Å². The van der Waals surface area contributed by atoms with E-state index < -0.39 is 0 Å². The van der Waals surface area contributed by atoms with E-state index in [0.29, 0.717) is 17.5 Å². The molecule has 168 valence electrons. The molecule has 0 bridgehead atoms. The third-order valence-electron chi connectivity index (χ3n) is 4.63. The molecule has 0 saturated carbocycles. The molecular weight excluding hydrogens is 406 g/mol. The quantitative estimate of drug-likeness (QED) is 0.326. The number of halogens is 1. The summed E-state index contributed by atoms with van der Waals surface area (Å²) in [6, 6.07) is 7.28. The molecule has 30 heavy (non-hydrogen) atoms. The molecule has 0 spiro atoms. The second kappa shape index (κ2) is 13.3. The number of hydrogen-bond acceptors (Lipinski definition) is 5. The van der Waals surface area contributed by atoms with Crippen molar-refractivity contribution in [1.82, 2.24) is 20.4 Å². The minimum absolute atomic E-state index is 0.0464. The predicted octanol–water partition coefficient (Wildman–Crippen LogP) is 1.45.